The molecule has 0 unspecified atom stereocenters. The number of rotatable bonds is 6. The molecule has 2 rings (SSSR count). The number of aromatic nitrogens is 3. The highest BCUT2D eigenvalue weighted by molar-refractivity contribution is 9.10. The molecule has 1 aromatic heterocycles. The number of aryl methyl sites for hydroxylation is 1. The van der Waals surface area contributed by atoms with Gasteiger partial charge in [-0.1, -0.05) is 21.1 Å². The Bertz CT molecular complexity index is 973. The van der Waals surface area contributed by atoms with Gasteiger partial charge >= 0.3 is 5.97 Å². The van der Waals surface area contributed by atoms with Crippen LogP contribution < -0.4 is 5.56 Å². The summed E-state index contributed by atoms with van der Waals surface area (Å²) in [6.07, 6.45) is 0.817. The molecule has 0 aliphatic rings. The van der Waals surface area contributed by atoms with Crippen LogP contribution in [0, 0.1) is 0 Å². The average molecular weight is 432 g/mol. The second-order valence-corrected chi connectivity index (χ2v) is 9.11. The Morgan fingerprint density at radius 1 is 1.40 bits per heavy atom. The zero-order chi connectivity index (χ0) is 18.8. The standard InChI is InChI=1S/C15H18BrN3O5S/c1-4-24-14(21)15(2,25(3,22)23)7-8-19-13(20)11-6-5-10(16)9-12(11)17-18-19/h5-6,9H,4,7-8H2,1-3H3/t15-/m1/s1. The van der Waals surface area contributed by atoms with Gasteiger partial charge in [0.25, 0.3) is 5.56 Å². The first-order valence-corrected chi connectivity index (χ1v) is 10.2. The lowest BCUT2D eigenvalue weighted by atomic mass is 10.1. The summed E-state index contributed by atoms with van der Waals surface area (Å²) in [5, 5.41) is 8.15. The molecular formula is C15H18BrN3O5S. The van der Waals surface area contributed by atoms with Crippen LogP contribution >= 0.6 is 15.9 Å². The highest BCUT2D eigenvalue weighted by Gasteiger charge is 2.44. The van der Waals surface area contributed by atoms with Gasteiger partial charge in [0.05, 0.1) is 12.0 Å². The van der Waals surface area contributed by atoms with Crippen molar-refractivity contribution in [3.63, 3.8) is 0 Å². The maximum Gasteiger partial charge on any atom is 0.327 e. The lowest BCUT2D eigenvalue weighted by molar-refractivity contribution is -0.146. The third kappa shape index (κ3) is 3.90. The topological polar surface area (TPSA) is 108 Å². The quantitative estimate of drug-likeness (QED) is 0.634. The minimum atomic E-state index is -3.76. The van der Waals surface area contributed by atoms with Crippen LogP contribution in [0.1, 0.15) is 20.3 Å². The van der Waals surface area contributed by atoms with Gasteiger partial charge in [-0.15, -0.1) is 5.10 Å². The monoisotopic (exact) mass is 431 g/mol. The molecule has 0 aliphatic heterocycles. The highest BCUT2D eigenvalue weighted by Crippen LogP contribution is 2.23. The van der Waals surface area contributed by atoms with E-state index >= 15 is 0 Å². The van der Waals surface area contributed by atoms with Crippen molar-refractivity contribution in [1.29, 1.82) is 0 Å². The molecule has 0 amide bonds. The third-order valence-electron chi connectivity index (χ3n) is 4.01. The summed E-state index contributed by atoms with van der Waals surface area (Å²) < 4.78 is 29.1. The molecule has 8 nitrogen and oxygen atoms in total. The molecule has 0 saturated carbocycles. The number of nitrogens with zero attached hydrogens (tertiary/aromatic N) is 3. The third-order valence-corrected chi connectivity index (χ3v) is 6.51. The van der Waals surface area contributed by atoms with Crippen molar-refractivity contribution in [3.8, 4) is 0 Å². The van der Waals surface area contributed by atoms with Crippen LogP contribution in [0.4, 0.5) is 0 Å². The van der Waals surface area contributed by atoms with Crippen molar-refractivity contribution in [2.45, 2.75) is 31.6 Å². The van der Waals surface area contributed by atoms with Crippen molar-refractivity contribution >= 4 is 42.6 Å². The number of esters is 1. The van der Waals surface area contributed by atoms with E-state index in [1.165, 1.54) is 6.92 Å². The largest absolute Gasteiger partial charge is 0.465 e. The number of benzene rings is 1. The maximum atomic E-state index is 12.5. The molecule has 136 valence electrons. The van der Waals surface area contributed by atoms with Crippen molar-refractivity contribution < 1.29 is 17.9 Å². The Balaban J connectivity index is 2.37. The van der Waals surface area contributed by atoms with Gasteiger partial charge in [-0.25, -0.2) is 13.1 Å². The molecule has 0 fully saturated rings. The van der Waals surface area contributed by atoms with Gasteiger partial charge in [0, 0.05) is 17.3 Å². The minimum absolute atomic E-state index is 0.0640. The number of hydrogen-bond donors (Lipinski definition) is 0. The normalized spacial score (nSPS) is 14.2. The summed E-state index contributed by atoms with van der Waals surface area (Å²) in [5.74, 6) is -0.844. The molecule has 0 N–H and O–H groups in total. The summed E-state index contributed by atoms with van der Waals surface area (Å²) in [6, 6.07) is 4.97. The van der Waals surface area contributed by atoms with Crippen LogP contribution in [0.3, 0.4) is 0 Å². The van der Waals surface area contributed by atoms with Crippen LogP contribution in [0.15, 0.2) is 27.5 Å². The van der Waals surface area contributed by atoms with Gasteiger partial charge in [-0.05, 0) is 38.5 Å². The zero-order valence-corrected chi connectivity index (χ0v) is 16.4. The van der Waals surface area contributed by atoms with E-state index in [0.717, 1.165) is 15.4 Å². The zero-order valence-electron chi connectivity index (χ0n) is 14.0. The molecule has 1 aromatic carbocycles. The van der Waals surface area contributed by atoms with E-state index in [-0.39, 0.29) is 19.6 Å². The Morgan fingerprint density at radius 3 is 2.68 bits per heavy atom. The van der Waals surface area contributed by atoms with E-state index in [0.29, 0.717) is 10.9 Å². The summed E-state index contributed by atoms with van der Waals surface area (Å²) in [4.78, 5) is 24.6. The predicted octanol–water partition coefficient (Wildman–Crippen LogP) is 1.31. The fraction of sp³-hybridized carbons (Fsp3) is 0.467. The molecule has 2 aromatic rings. The van der Waals surface area contributed by atoms with Crippen molar-refractivity contribution in [1.82, 2.24) is 15.0 Å². The SMILES string of the molecule is CCOC(=O)[C@@](C)(CCn1nnc2cc(Br)ccc2c1=O)S(C)(=O)=O. The van der Waals surface area contributed by atoms with Gasteiger partial charge in [0.2, 0.25) is 0 Å². The van der Waals surface area contributed by atoms with Crippen molar-refractivity contribution in [2.75, 3.05) is 12.9 Å². The molecule has 1 heterocycles. The van der Waals surface area contributed by atoms with Gasteiger partial charge in [-0.2, -0.15) is 0 Å². The number of fused-ring (bicyclic) bond motifs is 1. The summed E-state index contributed by atoms with van der Waals surface area (Å²) in [6.45, 7) is 2.86. The van der Waals surface area contributed by atoms with Crippen LogP contribution in [-0.4, -0.2) is 47.0 Å². The number of ether oxygens (including phenoxy) is 1. The second kappa shape index (κ2) is 7.20. The molecule has 0 saturated heterocycles. The lowest BCUT2D eigenvalue weighted by Crippen LogP contribution is -2.46. The van der Waals surface area contributed by atoms with E-state index in [1.54, 1.807) is 25.1 Å². The second-order valence-electron chi connectivity index (χ2n) is 5.75. The van der Waals surface area contributed by atoms with E-state index in [2.05, 4.69) is 26.2 Å². The first kappa shape index (κ1) is 19.5. The molecule has 0 bridgehead atoms. The van der Waals surface area contributed by atoms with E-state index < -0.39 is 26.1 Å². The molecule has 0 radical (unpaired) electrons. The molecule has 25 heavy (non-hydrogen) atoms. The Kier molecular flexibility index (Phi) is 5.62. The maximum absolute atomic E-state index is 12.5. The molecule has 0 aliphatic carbocycles. The van der Waals surface area contributed by atoms with Crippen LogP contribution in [-0.2, 0) is 25.9 Å². The summed E-state index contributed by atoms with van der Waals surface area (Å²) in [5.41, 5.74) is 0.0177. The highest BCUT2D eigenvalue weighted by atomic mass is 79.9. The van der Waals surface area contributed by atoms with Crippen LogP contribution in [0.5, 0.6) is 0 Å². The van der Waals surface area contributed by atoms with Gasteiger partial charge in [0.15, 0.2) is 14.6 Å². The number of halogens is 1. The predicted molar refractivity (Wildman–Crippen MR) is 96.0 cm³/mol. The lowest BCUT2D eigenvalue weighted by Gasteiger charge is -2.25. The number of carbonyl (C=O) groups is 1. The fourth-order valence-electron chi connectivity index (χ4n) is 2.24. The molecule has 10 heteroatoms. The number of carbonyl (C=O) groups excluding carboxylic acids is 1. The first-order valence-electron chi connectivity index (χ1n) is 7.50. The van der Waals surface area contributed by atoms with Gasteiger partial charge in [-0.3, -0.25) is 9.59 Å². The Morgan fingerprint density at radius 2 is 2.08 bits per heavy atom. The summed E-state index contributed by atoms with van der Waals surface area (Å²) >= 11 is 3.29. The summed E-state index contributed by atoms with van der Waals surface area (Å²) in [7, 11) is -3.76. The van der Waals surface area contributed by atoms with Crippen molar-refractivity contribution in [3.05, 3.63) is 33.0 Å². The van der Waals surface area contributed by atoms with Gasteiger partial charge < -0.3 is 4.74 Å². The molecular weight excluding hydrogens is 414 g/mol. The Hall–Kier alpha value is -1.81. The molecule has 1 atom stereocenters. The minimum Gasteiger partial charge on any atom is -0.465 e. The smallest absolute Gasteiger partial charge is 0.327 e. The van der Waals surface area contributed by atoms with E-state index in [1.807, 2.05) is 0 Å². The molecule has 0 spiro atoms. The Labute approximate surface area is 153 Å². The van der Waals surface area contributed by atoms with Crippen molar-refractivity contribution in [2.24, 2.45) is 0 Å². The van der Waals surface area contributed by atoms with Crippen LogP contribution in [0.25, 0.3) is 10.9 Å². The van der Waals surface area contributed by atoms with E-state index in [9.17, 15) is 18.0 Å². The van der Waals surface area contributed by atoms with Gasteiger partial charge in [0.1, 0.15) is 5.52 Å². The first-order chi connectivity index (χ1) is 11.6. The van der Waals surface area contributed by atoms with E-state index in [4.69, 9.17) is 4.74 Å². The van der Waals surface area contributed by atoms with Crippen LogP contribution in [0.2, 0.25) is 0 Å². The fourth-order valence-corrected chi connectivity index (χ4v) is 3.41. The number of hydrogen-bond acceptors (Lipinski definition) is 7. The number of sulfone groups is 1. The average Bonchev–Trinajstić information content (AvgIpc) is 2.53.